The van der Waals surface area contributed by atoms with Gasteiger partial charge < -0.3 is 9.32 Å². The zero-order valence-corrected chi connectivity index (χ0v) is 39.1. The maximum atomic E-state index is 7.50. The SMILES string of the molecule is CC1(c2ccccc2)c2ccccc2-c2ccc(N(c3ccc4ccc5ccccc5c4c3)c3cccc4oc5c6c(c7ccccc7c5c34)C(c3ccccc3)(c3ccccc3)c3ccccc3-6)cc21. The van der Waals surface area contributed by atoms with Gasteiger partial charge >= 0.3 is 0 Å². The van der Waals surface area contributed by atoms with Crippen LogP contribution in [0.4, 0.5) is 17.1 Å². The molecule has 13 aromatic rings. The van der Waals surface area contributed by atoms with Crippen LogP contribution in [0.1, 0.15) is 45.9 Å². The van der Waals surface area contributed by atoms with Crippen LogP contribution in [0.2, 0.25) is 0 Å². The number of furan rings is 1. The minimum atomic E-state index is -0.600. The van der Waals surface area contributed by atoms with E-state index in [0.717, 1.165) is 44.6 Å². The Hall–Kier alpha value is -8.98. The molecule has 2 aliphatic rings. The molecule has 0 bridgehead atoms. The molecule has 1 heterocycles. The van der Waals surface area contributed by atoms with Crippen LogP contribution in [0, 0.1) is 0 Å². The molecule has 0 N–H and O–H groups in total. The van der Waals surface area contributed by atoms with Crippen LogP contribution in [0.3, 0.4) is 0 Å². The largest absolute Gasteiger partial charge is 0.455 e. The molecule has 0 aliphatic heterocycles. The fourth-order valence-electron chi connectivity index (χ4n) is 13.1. The van der Waals surface area contributed by atoms with Crippen molar-refractivity contribution in [3.05, 3.63) is 294 Å². The maximum Gasteiger partial charge on any atom is 0.144 e. The lowest BCUT2D eigenvalue weighted by molar-refractivity contribution is 0.669. The van der Waals surface area contributed by atoms with Crippen molar-refractivity contribution in [3.8, 4) is 22.3 Å². The number of nitrogens with zero attached hydrogens (tertiary/aromatic N) is 1. The summed E-state index contributed by atoms with van der Waals surface area (Å²) >= 11 is 0. The summed E-state index contributed by atoms with van der Waals surface area (Å²) in [4.78, 5) is 2.50. The van der Waals surface area contributed by atoms with Gasteiger partial charge in [-0.2, -0.15) is 0 Å². The van der Waals surface area contributed by atoms with Gasteiger partial charge in [0.05, 0.1) is 16.5 Å². The summed E-state index contributed by atoms with van der Waals surface area (Å²) in [6.07, 6.45) is 0. The Morgan fingerprint density at radius 1 is 0.366 bits per heavy atom. The van der Waals surface area contributed by atoms with E-state index < -0.39 is 5.41 Å². The zero-order valence-electron chi connectivity index (χ0n) is 39.1. The molecule has 71 heavy (non-hydrogen) atoms. The molecule has 2 nitrogen and oxygen atoms in total. The molecule has 2 heteroatoms. The highest BCUT2D eigenvalue weighted by molar-refractivity contribution is 6.28. The molecule has 0 saturated heterocycles. The van der Waals surface area contributed by atoms with Crippen molar-refractivity contribution < 1.29 is 4.42 Å². The maximum absolute atomic E-state index is 7.50. The summed E-state index contributed by atoms with van der Waals surface area (Å²) in [6, 6.07) is 94.3. The molecule has 332 valence electrons. The quantitative estimate of drug-likeness (QED) is 0.155. The first-order chi connectivity index (χ1) is 35.1. The summed E-state index contributed by atoms with van der Waals surface area (Å²) in [5.74, 6) is 0. The Morgan fingerprint density at radius 3 is 1.66 bits per heavy atom. The van der Waals surface area contributed by atoms with Crippen molar-refractivity contribution in [2.24, 2.45) is 0 Å². The monoisotopic (exact) mass is 903 g/mol. The van der Waals surface area contributed by atoms with Crippen LogP contribution >= 0.6 is 0 Å². The predicted molar refractivity (Wildman–Crippen MR) is 296 cm³/mol. The molecular formula is C69H45NO. The first-order valence-electron chi connectivity index (χ1n) is 24.8. The lowest BCUT2D eigenvalue weighted by atomic mass is 9.66. The Labute approximate surface area is 412 Å². The zero-order chi connectivity index (χ0) is 46.8. The van der Waals surface area contributed by atoms with E-state index >= 15 is 0 Å². The highest BCUT2D eigenvalue weighted by Crippen LogP contribution is 2.62. The molecule has 2 aliphatic carbocycles. The highest BCUT2D eigenvalue weighted by atomic mass is 16.3. The fourth-order valence-corrected chi connectivity index (χ4v) is 13.1. The number of rotatable bonds is 6. The van der Waals surface area contributed by atoms with Crippen LogP contribution in [-0.2, 0) is 10.8 Å². The average molecular weight is 904 g/mol. The van der Waals surface area contributed by atoms with Gasteiger partial charge in [0.1, 0.15) is 11.2 Å². The molecule has 12 aromatic carbocycles. The van der Waals surface area contributed by atoms with Gasteiger partial charge in [-0.15, -0.1) is 0 Å². The van der Waals surface area contributed by atoms with E-state index in [2.05, 4.69) is 267 Å². The Morgan fingerprint density at radius 2 is 0.915 bits per heavy atom. The van der Waals surface area contributed by atoms with E-state index in [9.17, 15) is 0 Å². The van der Waals surface area contributed by atoms with Crippen LogP contribution < -0.4 is 4.90 Å². The summed E-state index contributed by atoms with van der Waals surface area (Å²) in [6.45, 7) is 2.41. The van der Waals surface area contributed by atoms with E-state index in [0.29, 0.717) is 0 Å². The van der Waals surface area contributed by atoms with E-state index in [4.69, 9.17) is 4.42 Å². The minimum absolute atomic E-state index is 0.378. The van der Waals surface area contributed by atoms with Crippen LogP contribution in [0.5, 0.6) is 0 Å². The van der Waals surface area contributed by atoms with Crippen molar-refractivity contribution >= 4 is 71.3 Å². The smallest absolute Gasteiger partial charge is 0.144 e. The van der Waals surface area contributed by atoms with Crippen molar-refractivity contribution in [2.45, 2.75) is 17.8 Å². The minimum Gasteiger partial charge on any atom is -0.455 e. The third-order valence-corrected chi connectivity index (χ3v) is 16.2. The molecular weight excluding hydrogens is 859 g/mol. The molecule has 0 amide bonds. The van der Waals surface area contributed by atoms with Crippen molar-refractivity contribution in [1.82, 2.24) is 0 Å². The topological polar surface area (TPSA) is 16.4 Å². The third kappa shape index (κ3) is 5.42. The van der Waals surface area contributed by atoms with Gasteiger partial charge in [-0.3, -0.25) is 0 Å². The summed E-state index contributed by atoms with van der Waals surface area (Å²) < 4.78 is 7.50. The Bertz CT molecular complexity index is 4260. The summed E-state index contributed by atoms with van der Waals surface area (Å²) in [5.41, 5.74) is 17.8. The summed E-state index contributed by atoms with van der Waals surface area (Å²) in [7, 11) is 0. The molecule has 15 rings (SSSR count). The highest BCUT2D eigenvalue weighted by Gasteiger charge is 2.49. The second-order valence-electron chi connectivity index (χ2n) is 19.6. The molecule has 0 saturated carbocycles. The Balaban J connectivity index is 1.07. The molecule has 1 atom stereocenters. The molecule has 0 fully saturated rings. The van der Waals surface area contributed by atoms with Gasteiger partial charge in [-0.25, -0.2) is 0 Å². The van der Waals surface area contributed by atoms with E-state index in [1.165, 1.54) is 88.0 Å². The molecule has 0 radical (unpaired) electrons. The van der Waals surface area contributed by atoms with Gasteiger partial charge in [-0.05, 0) is 131 Å². The second kappa shape index (κ2) is 15.0. The standard InChI is InChI=1S/C69H45NO/c1-68(46-21-5-2-6-22-46)58-32-17-15-28-52(58)53-41-40-50(43-60(53)68)70(49-39-38-45-37-36-44-20-11-12-27-51(44)57(45)42-49)61-34-19-35-62-65(61)63-54-29-13-14-30-55(54)66-64(67(63)71-62)56-31-16-18-33-59(56)69(66,47-23-7-3-8-24-47)48-25-9-4-10-26-48/h2-43H,1H3. The van der Waals surface area contributed by atoms with E-state index in [1.807, 2.05) is 0 Å². The van der Waals surface area contributed by atoms with E-state index in [1.54, 1.807) is 0 Å². The number of hydrogen-bond acceptors (Lipinski definition) is 2. The molecule has 1 unspecified atom stereocenters. The molecule has 0 spiro atoms. The third-order valence-electron chi connectivity index (χ3n) is 16.2. The van der Waals surface area contributed by atoms with Gasteiger partial charge in [0.2, 0.25) is 0 Å². The first kappa shape index (κ1) is 40.0. The van der Waals surface area contributed by atoms with Crippen LogP contribution in [0.15, 0.2) is 259 Å². The lowest BCUT2D eigenvalue weighted by Crippen LogP contribution is -2.28. The first-order valence-corrected chi connectivity index (χ1v) is 24.8. The second-order valence-corrected chi connectivity index (χ2v) is 19.6. The normalized spacial score (nSPS) is 15.3. The van der Waals surface area contributed by atoms with E-state index in [-0.39, 0.29) is 5.41 Å². The fraction of sp³-hybridized carbons (Fsp3) is 0.0435. The average Bonchev–Trinajstić information content (AvgIpc) is 4.09. The predicted octanol–water partition coefficient (Wildman–Crippen LogP) is 18.2. The van der Waals surface area contributed by atoms with Crippen LogP contribution in [0.25, 0.3) is 76.5 Å². The van der Waals surface area contributed by atoms with Crippen molar-refractivity contribution in [2.75, 3.05) is 4.90 Å². The van der Waals surface area contributed by atoms with Crippen molar-refractivity contribution in [1.29, 1.82) is 0 Å². The number of fused-ring (bicyclic) bond motifs is 16. The van der Waals surface area contributed by atoms with Gasteiger partial charge in [0, 0.05) is 27.7 Å². The number of hydrogen-bond donors (Lipinski definition) is 0. The summed E-state index contributed by atoms with van der Waals surface area (Å²) in [5, 5.41) is 9.48. The number of anilines is 3. The Kier molecular flexibility index (Phi) is 8.45. The number of benzene rings is 12. The lowest BCUT2D eigenvalue weighted by Gasteiger charge is -2.34. The molecule has 1 aromatic heterocycles. The van der Waals surface area contributed by atoms with Crippen LogP contribution in [-0.4, -0.2) is 0 Å². The van der Waals surface area contributed by atoms with Gasteiger partial charge in [-0.1, -0.05) is 218 Å². The van der Waals surface area contributed by atoms with Crippen molar-refractivity contribution in [3.63, 3.8) is 0 Å². The van der Waals surface area contributed by atoms with Gasteiger partial charge in [0.15, 0.2) is 0 Å². The van der Waals surface area contributed by atoms with Gasteiger partial charge in [0.25, 0.3) is 0 Å².